The van der Waals surface area contributed by atoms with E-state index >= 15 is 0 Å². The van der Waals surface area contributed by atoms with E-state index < -0.39 is 18.6 Å². The zero-order chi connectivity index (χ0) is 20.1. The highest BCUT2D eigenvalue weighted by Crippen LogP contribution is 2.21. The molecule has 0 radical (unpaired) electrons. The molecule has 27 heavy (non-hydrogen) atoms. The van der Waals surface area contributed by atoms with Crippen LogP contribution in [0.2, 0.25) is 0 Å². The standard InChI is InChI=1S/C20H32N2O5/c1-2-3-4-5-6-7-8-9-19(26)22-17(14-24)20(27)21-16-10-11-18(25)15(12-16)13-23/h10-12,17,23-25H,2-9,13-14H2,1H3,(H,21,27)(H,22,26). The largest absolute Gasteiger partial charge is 0.508 e. The SMILES string of the molecule is CCCCCCCCCC(=O)NC(CO)C(=O)Nc1ccc(O)c(CO)c1. The summed E-state index contributed by atoms with van der Waals surface area (Å²) in [5.74, 6) is -0.892. The van der Waals surface area contributed by atoms with Crippen molar-refractivity contribution in [1.29, 1.82) is 0 Å². The molecule has 0 heterocycles. The average molecular weight is 380 g/mol. The number of rotatable bonds is 13. The maximum atomic E-state index is 12.2. The summed E-state index contributed by atoms with van der Waals surface area (Å²) in [7, 11) is 0. The minimum Gasteiger partial charge on any atom is -0.508 e. The maximum absolute atomic E-state index is 12.2. The van der Waals surface area contributed by atoms with Gasteiger partial charge in [0.2, 0.25) is 11.8 Å². The van der Waals surface area contributed by atoms with Crippen molar-refractivity contribution in [2.45, 2.75) is 70.9 Å². The zero-order valence-corrected chi connectivity index (χ0v) is 16.0. The number of anilines is 1. The first-order chi connectivity index (χ1) is 13.0. The predicted molar refractivity (Wildman–Crippen MR) is 104 cm³/mol. The van der Waals surface area contributed by atoms with Crippen LogP contribution in [0.25, 0.3) is 0 Å². The number of phenols is 1. The van der Waals surface area contributed by atoms with Crippen LogP contribution in [-0.4, -0.2) is 39.8 Å². The van der Waals surface area contributed by atoms with Gasteiger partial charge >= 0.3 is 0 Å². The van der Waals surface area contributed by atoms with Gasteiger partial charge in [0.1, 0.15) is 11.8 Å². The number of aromatic hydroxyl groups is 1. The van der Waals surface area contributed by atoms with Crippen molar-refractivity contribution in [2.75, 3.05) is 11.9 Å². The van der Waals surface area contributed by atoms with E-state index in [1.54, 1.807) is 0 Å². The fraction of sp³-hybridized carbons (Fsp3) is 0.600. The molecule has 1 rings (SSSR count). The molecule has 0 bridgehead atoms. The van der Waals surface area contributed by atoms with E-state index in [1.807, 2.05) is 0 Å². The van der Waals surface area contributed by atoms with Gasteiger partial charge < -0.3 is 26.0 Å². The van der Waals surface area contributed by atoms with Crippen molar-refractivity contribution in [3.8, 4) is 5.75 Å². The third-order valence-corrected chi connectivity index (χ3v) is 4.36. The van der Waals surface area contributed by atoms with Gasteiger partial charge in [-0.1, -0.05) is 45.4 Å². The Labute approximate surface area is 160 Å². The van der Waals surface area contributed by atoms with Crippen LogP contribution in [0.3, 0.4) is 0 Å². The Morgan fingerprint density at radius 3 is 2.33 bits per heavy atom. The maximum Gasteiger partial charge on any atom is 0.249 e. The summed E-state index contributed by atoms with van der Waals surface area (Å²) in [5, 5.41) is 33.2. The van der Waals surface area contributed by atoms with Gasteiger partial charge in [-0.05, 0) is 24.6 Å². The molecule has 1 aromatic rings. The van der Waals surface area contributed by atoms with Crippen molar-refractivity contribution in [3.05, 3.63) is 23.8 Å². The molecule has 152 valence electrons. The monoisotopic (exact) mass is 380 g/mol. The van der Waals surface area contributed by atoms with Crippen molar-refractivity contribution in [1.82, 2.24) is 5.32 Å². The van der Waals surface area contributed by atoms with E-state index in [2.05, 4.69) is 17.6 Å². The molecule has 1 atom stereocenters. The number of benzene rings is 1. The molecule has 0 fully saturated rings. The molecule has 0 aromatic heterocycles. The second-order valence-corrected chi connectivity index (χ2v) is 6.66. The lowest BCUT2D eigenvalue weighted by atomic mass is 10.1. The lowest BCUT2D eigenvalue weighted by molar-refractivity contribution is -0.127. The van der Waals surface area contributed by atoms with Gasteiger partial charge in [-0.3, -0.25) is 9.59 Å². The van der Waals surface area contributed by atoms with Crippen molar-refractivity contribution in [2.24, 2.45) is 0 Å². The fourth-order valence-electron chi connectivity index (χ4n) is 2.72. The Hall–Kier alpha value is -2.12. The van der Waals surface area contributed by atoms with E-state index in [9.17, 15) is 19.8 Å². The first-order valence-corrected chi connectivity index (χ1v) is 9.65. The quantitative estimate of drug-likeness (QED) is 0.266. The summed E-state index contributed by atoms with van der Waals surface area (Å²) < 4.78 is 0. The van der Waals surface area contributed by atoms with E-state index in [0.29, 0.717) is 12.1 Å². The molecule has 0 saturated heterocycles. The van der Waals surface area contributed by atoms with Gasteiger partial charge in [-0.2, -0.15) is 0 Å². The van der Waals surface area contributed by atoms with Crippen LogP contribution in [-0.2, 0) is 16.2 Å². The number of unbranched alkanes of at least 4 members (excludes halogenated alkanes) is 6. The third kappa shape index (κ3) is 8.88. The molecule has 1 aromatic carbocycles. The minimum atomic E-state index is -1.05. The number of hydrogen-bond donors (Lipinski definition) is 5. The van der Waals surface area contributed by atoms with Crippen molar-refractivity contribution >= 4 is 17.5 Å². The molecule has 7 nitrogen and oxygen atoms in total. The molecular weight excluding hydrogens is 348 g/mol. The van der Waals surface area contributed by atoms with Crippen LogP contribution in [0.5, 0.6) is 5.75 Å². The highest BCUT2D eigenvalue weighted by Gasteiger charge is 2.20. The summed E-state index contributed by atoms with van der Waals surface area (Å²) in [6.45, 7) is 1.29. The first-order valence-electron chi connectivity index (χ1n) is 9.65. The van der Waals surface area contributed by atoms with Gasteiger partial charge in [0.15, 0.2) is 0 Å². The van der Waals surface area contributed by atoms with Crippen LogP contribution in [0.4, 0.5) is 5.69 Å². The second-order valence-electron chi connectivity index (χ2n) is 6.66. The van der Waals surface area contributed by atoms with Crippen molar-refractivity contribution in [3.63, 3.8) is 0 Å². The van der Waals surface area contributed by atoms with E-state index in [-0.39, 0.29) is 23.8 Å². The summed E-state index contributed by atoms with van der Waals surface area (Å²) >= 11 is 0. The van der Waals surface area contributed by atoms with E-state index in [1.165, 1.54) is 43.9 Å². The zero-order valence-electron chi connectivity index (χ0n) is 16.0. The number of amides is 2. The minimum absolute atomic E-state index is 0.0720. The van der Waals surface area contributed by atoms with Gasteiger partial charge in [0.25, 0.3) is 0 Å². The smallest absolute Gasteiger partial charge is 0.249 e. The molecule has 0 aliphatic carbocycles. The molecular formula is C20H32N2O5. The Kier molecular flexibility index (Phi) is 11.1. The Balaban J connectivity index is 2.39. The van der Waals surface area contributed by atoms with E-state index in [4.69, 9.17) is 5.11 Å². The lowest BCUT2D eigenvalue weighted by Crippen LogP contribution is -2.46. The fourth-order valence-corrected chi connectivity index (χ4v) is 2.72. The molecule has 0 aliphatic heterocycles. The third-order valence-electron chi connectivity index (χ3n) is 4.36. The van der Waals surface area contributed by atoms with Gasteiger partial charge in [-0.15, -0.1) is 0 Å². The van der Waals surface area contributed by atoms with Crippen LogP contribution >= 0.6 is 0 Å². The molecule has 7 heteroatoms. The van der Waals surface area contributed by atoms with Crippen LogP contribution < -0.4 is 10.6 Å². The predicted octanol–water partition coefficient (Wildman–Crippen LogP) is 2.44. The number of aliphatic hydroxyl groups excluding tert-OH is 2. The lowest BCUT2D eigenvalue weighted by Gasteiger charge is -2.16. The van der Waals surface area contributed by atoms with Crippen LogP contribution in [0.1, 0.15) is 63.9 Å². The number of aliphatic hydroxyl groups is 2. The highest BCUT2D eigenvalue weighted by atomic mass is 16.3. The molecule has 0 saturated carbocycles. The van der Waals surface area contributed by atoms with Gasteiger partial charge in [-0.25, -0.2) is 0 Å². The molecule has 0 spiro atoms. The van der Waals surface area contributed by atoms with Gasteiger partial charge in [0, 0.05) is 17.7 Å². The molecule has 5 N–H and O–H groups in total. The number of carbonyl (C=O) groups is 2. The van der Waals surface area contributed by atoms with Crippen molar-refractivity contribution < 1.29 is 24.9 Å². The van der Waals surface area contributed by atoms with Gasteiger partial charge in [0.05, 0.1) is 13.2 Å². The average Bonchev–Trinajstić information content (AvgIpc) is 2.66. The summed E-state index contributed by atoms with van der Waals surface area (Å²) in [5.41, 5.74) is 0.637. The van der Waals surface area contributed by atoms with Crippen LogP contribution in [0.15, 0.2) is 18.2 Å². The molecule has 0 aliphatic rings. The summed E-state index contributed by atoms with van der Waals surface area (Å²) in [6.07, 6.45) is 8.02. The van der Waals surface area contributed by atoms with Crippen LogP contribution in [0, 0.1) is 0 Å². The number of nitrogens with one attached hydrogen (secondary N) is 2. The molecule has 1 unspecified atom stereocenters. The topological polar surface area (TPSA) is 119 Å². The van der Waals surface area contributed by atoms with E-state index in [0.717, 1.165) is 19.3 Å². The highest BCUT2D eigenvalue weighted by molar-refractivity contribution is 5.97. The summed E-state index contributed by atoms with van der Waals surface area (Å²) in [4.78, 5) is 24.2. The number of hydrogen-bond acceptors (Lipinski definition) is 5. The Morgan fingerprint density at radius 2 is 1.70 bits per heavy atom. The normalized spacial score (nSPS) is 11.8. The Morgan fingerprint density at radius 1 is 1.04 bits per heavy atom. The second kappa shape index (κ2) is 13.1. The first kappa shape index (κ1) is 22.9. The molecule has 2 amide bonds. The summed E-state index contributed by atoms with van der Waals surface area (Å²) in [6, 6.07) is 3.21. The number of carbonyl (C=O) groups excluding carboxylic acids is 2. The Bertz CT molecular complexity index is 592.